The summed E-state index contributed by atoms with van der Waals surface area (Å²) in [6.07, 6.45) is 1.70. The van der Waals surface area contributed by atoms with Crippen molar-refractivity contribution in [1.29, 1.82) is 0 Å². The third kappa shape index (κ3) is 3.72. The van der Waals surface area contributed by atoms with Crippen molar-refractivity contribution in [3.8, 4) is 5.88 Å². The number of aromatic hydroxyl groups is 1. The minimum atomic E-state index is -0.0344. The van der Waals surface area contributed by atoms with Gasteiger partial charge < -0.3 is 5.11 Å². The molecule has 25 heavy (non-hydrogen) atoms. The molecule has 0 saturated carbocycles. The maximum absolute atomic E-state index is 10.7. The van der Waals surface area contributed by atoms with Gasteiger partial charge in [-0.2, -0.15) is 0 Å². The van der Waals surface area contributed by atoms with Gasteiger partial charge in [-0.15, -0.1) is 0 Å². The molecule has 1 N–H and O–H groups in total. The van der Waals surface area contributed by atoms with Crippen LogP contribution in [0.4, 0.5) is 5.69 Å². The molecule has 0 unspecified atom stereocenters. The second-order valence-corrected chi connectivity index (χ2v) is 7.74. The zero-order chi connectivity index (χ0) is 18.0. The second-order valence-electron chi connectivity index (χ2n) is 6.06. The van der Waals surface area contributed by atoms with Crippen molar-refractivity contribution in [2.24, 2.45) is 4.99 Å². The summed E-state index contributed by atoms with van der Waals surface area (Å²) >= 11 is 6.85. The molecule has 128 valence electrons. The Kier molecular flexibility index (Phi) is 5.16. The Labute approximate surface area is 156 Å². The number of benzene rings is 2. The normalized spacial score (nSPS) is 12.6. The smallest absolute Gasteiger partial charge is 0.212 e. The summed E-state index contributed by atoms with van der Waals surface area (Å²) < 4.78 is 2.41. The van der Waals surface area contributed by atoms with E-state index in [4.69, 9.17) is 12.2 Å². The lowest BCUT2D eigenvalue weighted by Crippen LogP contribution is -2.06. The molecular formula is C20H20N2OS2. The van der Waals surface area contributed by atoms with Crippen molar-refractivity contribution in [3.05, 3.63) is 74.1 Å². The van der Waals surface area contributed by atoms with Crippen LogP contribution in [0, 0.1) is 17.8 Å². The van der Waals surface area contributed by atoms with Crippen LogP contribution in [-0.2, 0) is 0 Å². The van der Waals surface area contributed by atoms with Crippen LogP contribution < -0.4 is 0 Å². The van der Waals surface area contributed by atoms with E-state index in [1.807, 2.05) is 63.2 Å². The first-order valence-corrected chi connectivity index (χ1v) is 9.30. The first kappa shape index (κ1) is 17.6. The van der Waals surface area contributed by atoms with E-state index in [9.17, 15) is 5.11 Å². The lowest BCUT2D eigenvalue weighted by atomic mass is 10.1. The summed E-state index contributed by atoms with van der Waals surface area (Å²) in [6, 6.07) is 16.1. The summed E-state index contributed by atoms with van der Waals surface area (Å²) in [5.74, 6) is 0.167. The first-order chi connectivity index (χ1) is 12.0. The number of hydrogen-bond acceptors (Lipinski definition) is 4. The van der Waals surface area contributed by atoms with Crippen molar-refractivity contribution in [3.63, 3.8) is 0 Å². The Hall–Kier alpha value is -2.24. The fourth-order valence-corrected chi connectivity index (χ4v) is 4.03. The SMILES string of the molecule is Cc1ccc(C)c(N=Cc2sc(=S)n([C@@H](C)c3ccccc3)c2O)c1. The highest BCUT2D eigenvalue weighted by molar-refractivity contribution is 7.73. The molecule has 0 aliphatic heterocycles. The average molecular weight is 369 g/mol. The van der Waals surface area contributed by atoms with Gasteiger partial charge in [-0.05, 0) is 55.7 Å². The molecule has 3 rings (SSSR count). The largest absolute Gasteiger partial charge is 0.493 e. The van der Waals surface area contributed by atoms with Crippen molar-refractivity contribution in [1.82, 2.24) is 4.57 Å². The van der Waals surface area contributed by atoms with Crippen LogP contribution in [0.15, 0.2) is 53.5 Å². The fourth-order valence-electron chi connectivity index (χ4n) is 2.69. The highest BCUT2D eigenvalue weighted by Gasteiger charge is 2.17. The van der Waals surface area contributed by atoms with Crippen molar-refractivity contribution < 1.29 is 5.11 Å². The molecule has 0 spiro atoms. The van der Waals surface area contributed by atoms with Gasteiger partial charge in [-0.1, -0.05) is 53.8 Å². The number of aliphatic imine (C=N–C) groups is 1. The quantitative estimate of drug-likeness (QED) is 0.455. The number of thiazole rings is 1. The molecule has 3 aromatic rings. The van der Waals surface area contributed by atoms with Gasteiger partial charge in [0.1, 0.15) is 4.88 Å². The van der Waals surface area contributed by atoms with Crippen LogP contribution in [0.3, 0.4) is 0 Å². The lowest BCUT2D eigenvalue weighted by Gasteiger charge is -2.14. The molecule has 2 aromatic carbocycles. The highest BCUT2D eigenvalue weighted by atomic mass is 32.1. The third-order valence-corrected chi connectivity index (χ3v) is 5.52. The van der Waals surface area contributed by atoms with Crippen molar-refractivity contribution in [2.45, 2.75) is 26.8 Å². The zero-order valence-electron chi connectivity index (χ0n) is 14.4. The average Bonchev–Trinajstić information content (AvgIpc) is 2.89. The van der Waals surface area contributed by atoms with Crippen molar-refractivity contribution >= 4 is 35.5 Å². The van der Waals surface area contributed by atoms with E-state index in [0.717, 1.165) is 22.4 Å². The standard InChI is InChI=1S/C20H20N2OS2/c1-13-9-10-14(2)17(11-13)21-12-18-19(23)22(20(24)25-18)15(3)16-7-5-4-6-8-16/h4-12,15,23H,1-3H3/t15-/m0/s1. The predicted octanol–water partition coefficient (Wildman–Crippen LogP) is 5.96. The minimum Gasteiger partial charge on any atom is -0.493 e. The van der Waals surface area contributed by atoms with Crippen LogP contribution >= 0.6 is 23.6 Å². The van der Waals surface area contributed by atoms with Crippen LogP contribution in [-0.4, -0.2) is 15.9 Å². The number of rotatable bonds is 4. The molecule has 0 aliphatic rings. The van der Waals surface area contributed by atoms with Gasteiger partial charge in [0.15, 0.2) is 3.95 Å². The highest BCUT2D eigenvalue weighted by Crippen LogP contribution is 2.32. The summed E-state index contributed by atoms with van der Waals surface area (Å²) in [7, 11) is 0. The molecule has 1 aromatic heterocycles. The summed E-state index contributed by atoms with van der Waals surface area (Å²) in [5.41, 5.74) is 4.26. The summed E-state index contributed by atoms with van der Waals surface area (Å²) in [5, 5.41) is 10.7. The second kappa shape index (κ2) is 7.33. The van der Waals surface area contributed by atoms with E-state index >= 15 is 0 Å². The van der Waals surface area contributed by atoms with Gasteiger partial charge >= 0.3 is 0 Å². The first-order valence-electron chi connectivity index (χ1n) is 8.08. The van der Waals surface area contributed by atoms with Gasteiger partial charge in [0.25, 0.3) is 0 Å². The minimum absolute atomic E-state index is 0.0344. The van der Waals surface area contributed by atoms with E-state index in [1.165, 1.54) is 11.3 Å². The number of nitrogens with zero attached hydrogens (tertiary/aromatic N) is 2. The molecule has 0 bridgehead atoms. The van der Waals surface area contributed by atoms with Gasteiger partial charge in [0.05, 0.1) is 17.9 Å². The van der Waals surface area contributed by atoms with Gasteiger partial charge in [-0.3, -0.25) is 9.56 Å². The van der Waals surface area contributed by atoms with Crippen molar-refractivity contribution in [2.75, 3.05) is 0 Å². The van der Waals surface area contributed by atoms with Crippen LogP contribution in [0.25, 0.3) is 0 Å². The zero-order valence-corrected chi connectivity index (χ0v) is 16.1. The molecule has 0 fully saturated rings. The Morgan fingerprint density at radius 1 is 1.16 bits per heavy atom. The van der Waals surface area contributed by atoms with Crippen LogP contribution in [0.1, 0.15) is 34.5 Å². The lowest BCUT2D eigenvalue weighted by molar-refractivity contribution is 0.405. The number of aromatic nitrogens is 1. The maximum atomic E-state index is 10.7. The summed E-state index contributed by atoms with van der Waals surface area (Å²) in [4.78, 5) is 5.22. The molecule has 0 amide bonds. The fraction of sp³-hybridized carbons (Fsp3) is 0.200. The van der Waals surface area contributed by atoms with E-state index in [1.54, 1.807) is 10.8 Å². The molecule has 3 nitrogen and oxygen atoms in total. The molecule has 0 aliphatic carbocycles. The number of hydrogen-bond donors (Lipinski definition) is 1. The Balaban J connectivity index is 1.96. The van der Waals surface area contributed by atoms with Crippen LogP contribution in [0.2, 0.25) is 0 Å². The molecule has 0 radical (unpaired) electrons. The summed E-state index contributed by atoms with van der Waals surface area (Å²) in [6.45, 7) is 6.09. The van der Waals surface area contributed by atoms with Gasteiger partial charge in [0.2, 0.25) is 5.88 Å². The predicted molar refractivity (Wildman–Crippen MR) is 108 cm³/mol. The Bertz CT molecular complexity index is 971. The molecule has 0 saturated heterocycles. The Morgan fingerprint density at radius 3 is 2.60 bits per heavy atom. The van der Waals surface area contributed by atoms with Crippen LogP contribution in [0.5, 0.6) is 5.88 Å². The molecule has 5 heteroatoms. The molecule has 1 heterocycles. The third-order valence-electron chi connectivity index (χ3n) is 4.20. The molecule has 1 atom stereocenters. The maximum Gasteiger partial charge on any atom is 0.212 e. The van der Waals surface area contributed by atoms with E-state index < -0.39 is 0 Å². The van der Waals surface area contributed by atoms with E-state index in [-0.39, 0.29) is 11.9 Å². The van der Waals surface area contributed by atoms with Gasteiger partial charge in [-0.25, -0.2) is 0 Å². The monoisotopic (exact) mass is 368 g/mol. The van der Waals surface area contributed by atoms with E-state index in [2.05, 4.69) is 11.1 Å². The number of aryl methyl sites for hydroxylation is 2. The Morgan fingerprint density at radius 2 is 1.88 bits per heavy atom. The molecular weight excluding hydrogens is 348 g/mol. The van der Waals surface area contributed by atoms with E-state index in [0.29, 0.717) is 8.83 Å². The topological polar surface area (TPSA) is 37.5 Å². The van der Waals surface area contributed by atoms with Gasteiger partial charge in [0, 0.05) is 0 Å².